The first kappa shape index (κ1) is 35.4. The Morgan fingerprint density at radius 1 is 0.558 bits per heavy atom. The molecule has 3 heteroatoms. The Bertz CT molecular complexity index is 1700. The molecule has 2 nitrogen and oxygen atoms in total. The Hall–Kier alpha value is -2.31. The van der Waals surface area contributed by atoms with Gasteiger partial charge < -0.3 is 9.47 Å². The van der Waals surface area contributed by atoms with Gasteiger partial charge in [0.15, 0.2) is 11.5 Å². The second-order valence-corrected chi connectivity index (χ2v) is 22.9. The highest BCUT2D eigenvalue weighted by Gasteiger charge is 2.64. The highest BCUT2D eigenvalue weighted by Crippen LogP contribution is 2.79. The molecule has 0 unspecified atom stereocenters. The van der Waals surface area contributed by atoms with Crippen LogP contribution in [0.2, 0.25) is 0 Å². The molecule has 0 radical (unpaired) electrons. The van der Waals surface area contributed by atoms with Crippen molar-refractivity contribution < 1.29 is 9.47 Å². The van der Waals surface area contributed by atoms with E-state index in [1.165, 1.54) is 110 Å². The molecule has 0 amide bonds. The summed E-state index contributed by atoms with van der Waals surface area (Å²) < 4.78 is 13.1. The molecule has 0 aliphatic heterocycles. The van der Waals surface area contributed by atoms with E-state index in [0.717, 1.165) is 47.0 Å². The zero-order chi connectivity index (χ0) is 36.1. The molecule has 3 aromatic rings. The van der Waals surface area contributed by atoms with Crippen molar-refractivity contribution in [1.82, 2.24) is 0 Å². The molecule has 8 fully saturated rings. The number of rotatable bonds is 10. The van der Waals surface area contributed by atoms with Gasteiger partial charge in [-0.05, 0) is 192 Å². The van der Waals surface area contributed by atoms with E-state index < -0.39 is 7.92 Å². The molecular formula is C49H65O2P. The molecule has 8 saturated carbocycles. The molecule has 8 bridgehead atoms. The van der Waals surface area contributed by atoms with Crippen LogP contribution in [0.4, 0.5) is 0 Å². The van der Waals surface area contributed by atoms with Gasteiger partial charge in [-0.25, -0.2) is 0 Å². The van der Waals surface area contributed by atoms with E-state index in [1.807, 2.05) is 14.2 Å². The first-order valence-electron chi connectivity index (χ1n) is 21.3. The lowest BCUT2D eigenvalue weighted by Crippen LogP contribution is -2.58. The fraction of sp³-hybridized carbons (Fsp3) is 0.633. The van der Waals surface area contributed by atoms with Gasteiger partial charge in [0.25, 0.3) is 0 Å². The predicted molar refractivity (Wildman–Crippen MR) is 221 cm³/mol. The van der Waals surface area contributed by atoms with Gasteiger partial charge >= 0.3 is 0 Å². The van der Waals surface area contributed by atoms with E-state index in [9.17, 15) is 0 Å². The van der Waals surface area contributed by atoms with Crippen LogP contribution >= 0.6 is 7.92 Å². The van der Waals surface area contributed by atoms with Crippen LogP contribution in [-0.4, -0.2) is 24.5 Å². The van der Waals surface area contributed by atoms with E-state index in [1.54, 1.807) is 10.9 Å². The lowest BCUT2D eigenvalue weighted by Gasteiger charge is -2.67. The molecule has 8 aliphatic rings. The number of hydrogen-bond acceptors (Lipinski definition) is 2. The van der Waals surface area contributed by atoms with Crippen molar-refractivity contribution in [3.05, 3.63) is 65.2 Å². The number of hydrogen-bond donors (Lipinski definition) is 0. The van der Waals surface area contributed by atoms with Crippen LogP contribution in [0.25, 0.3) is 22.3 Å². The van der Waals surface area contributed by atoms with Gasteiger partial charge in [-0.15, -0.1) is 0 Å². The fourth-order valence-corrected chi connectivity index (χ4v) is 19.9. The SMILES string of the molecule is COc1ccc(-c2c(C(C)C)cc(C(C)C)c(-c3ccccc3)c2C(C)C)c(P(C23CC4CC(CC(C4)C2)C3)C23CC4CC(CC(C4)C2)C3)c1OC. The van der Waals surface area contributed by atoms with Crippen molar-refractivity contribution >= 4 is 13.2 Å². The summed E-state index contributed by atoms with van der Waals surface area (Å²) >= 11 is 0. The van der Waals surface area contributed by atoms with Crippen molar-refractivity contribution in [2.45, 2.75) is 147 Å². The first-order valence-corrected chi connectivity index (χ1v) is 22.7. The van der Waals surface area contributed by atoms with E-state index in [4.69, 9.17) is 9.47 Å². The highest BCUT2D eigenvalue weighted by atomic mass is 31.1. The molecule has 278 valence electrons. The molecule has 0 N–H and O–H groups in total. The molecular weight excluding hydrogens is 652 g/mol. The summed E-state index contributed by atoms with van der Waals surface area (Å²) in [6.07, 6.45) is 17.7. The van der Waals surface area contributed by atoms with Crippen LogP contribution in [0, 0.1) is 35.5 Å². The summed E-state index contributed by atoms with van der Waals surface area (Å²) in [5.41, 5.74) is 10.4. The summed E-state index contributed by atoms with van der Waals surface area (Å²) in [5, 5.41) is 2.45. The molecule has 3 aromatic carbocycles. The zero-order valence-corrected chi connectivity index (χ0v) is 34.5. The minimum atomic E-state index is -0.549. The van der Waals surface area contributed by atoms with E-state index >= 15 is 0 Å². The monoisotopic (exact) mass is 716 g/mol. The van der Waals surface area contributed by atoms with Crippen LogP contribution in [0.15, 0.2) is 48.5 Å². The maximum atomic E-state index is 6.81. The Morgan fingerprint density at radius 2 is 1.02 bits per heavy atom. The lowest BCUT2D eigenvalue weighted by atomic mass is 9.55. The smallest absolute Gasteiger partial charge is 0.169 e. The Balaban J connectivity index is 1.39. The quantitative estimate of drug-likeness (QED) is 0.195. The minimum Gasteiger partial charge on any atom is -0.493 e. The Morgan fingerprint density at radius 3 is 1.42 bits per heavy atom. The van der Waals surface area contributed by atoms with Gasteiger partial charge in [-0.1, -0.05) is 85.9 Å². The van der Waals surface area contributed by atoms with Crippen molar-refractivity contribution in [3.63, 3.8) is 0 Å². The average Bonchev–Trinajstić information content (AvgIpc) is 3.09. The normalized spacial score (nSPS) is 33.4. The highest BCUT2D eigenvalue weighted by molar-refractivity contribution is 7.69. The summed E-state index contributed by atoms with van der Waals surface area (Å²) in [7, 11) is 3.29. The maximum absolute atomic E-state index is 6.81. The number of ether oxygens (including phenoxy) is 2. The van der Waals surface area contributed by atoms with Crippen molar-refractivity contribution in [1.29, 1.82) is 0 Å². The Kier molecular flexibility index (Phi) is 8.97. The first-order chi connectivity index (χ1) is 25.0. The van der Waals surface area contributed by atoms with Crippen LogP contribution in [0.1, 0.15) is 153 Å². The lowest BCUT2D eigenvalue weighted by molar-refractivity contribution is 0.0195. The third-order valence-corrected chi connectivity index (χ3v) is 19.2. The van der Waals surface area contributed by atoms with Crippen molar-refractivity contribution in [2.75, 3.05) is 14.2 Å². The Labute approximate surface area is 317 Å². The molecule has 0 spiro atoms. The molecule has 0 heterocycles. The van der Waals surface area contributed by atoms with E-state index in [0.29, 0.717) is 28.1 Å². The summed E-state index contributed by atoms with van der Waals surface area (Å²) in [6, 6.07) is 18.8. The zero-order valence-electron chi connectivity index (χ0n) is 33.6. The minimum absolute atomic E-state index is 0.368. The average molecular weight is 717 g/mol. The van der Waals surface area contributed by atoms with E-state index in [-0.39, 0.29) is 0 Å². The van der Waals surface area contributed by atoms with Crippen LogP contribution in [-0.2, 0) is 0 Å². The second-order valence-electron chi connectivity index (χ2n) is 19.9. The maximum Gasteiger partial charge on any atom is 0.169 e. The van der Waals surface area contributed by atoms with Crippen molar-refractivity contribution in [2.24, 2.45) is 35.5 Å². The molecule has 0 aromatic heterocycles. The molecule has 8 aliphatic carbocycles. The number of methoxy groups -OCH3 is 2. The van der Waals surface area contributed by atoms with Crippen molar-refractivity contribution in [3.8, 4) is 33.8 Å². The van der Waals surface area contributed by atoms with Crippen LogP contribution in [0.3, 0.4) is 0 Å². The van der Waals surface area contributed by atoms with Gasteiger partial charge in [-0.2, -0.15) is 0 Å². The summed E-state index contributed by atoms with van der Waals surface area (Å²) in [5.74, 6) is 8.80. The molecule has 52 heavy (non-hydrogen) atoms. The second kappa shape index (κ2) is 13.2. The van der Waals surface area contributed by atoms with Gasteiger partial charge in [0.2, 0.25) is 0 Å². The molecule has 0 atom stereocenters. The van der Waals surface area contributed by atoms with Crippen LogP contribution < -0.4 is 14.8 Å². The van der Waals surface area contributed by atoms with Crippen LogP contribution in [0.5, 0.6) is 11.5 Å². The third-order valence-electron chi connectivity index (χ3n) is 15.3. The van der Waals surface area contributed by atoms with E-state index in [2.05, 4.69) is 90.1 Å². The van der Waals surface area contributed by atoms with Gasteiger partial charge in [0.05, 0.1) is 14.2 Å². The molecule has 0 saturated heterocycles. The predicted octanol–water partition coefficient (Wildman–Crippen LogP) is 13.5. The summed E-state index contributed by atoms with van der Waals surface area (Å²) in [4.78, 5) is 0. The third kappa shape index (κ3) is 5.56. The van der Waals surface area contributed by atoms with Gasteiger partial charge in [-0.3, -0.25) is 0 Å². The molecule has 11 rings (SSSR count). The van der Waals surface area contributed by atoms with Gasteiger partial charge in [0.1, 0.15) is 0 Å². The summed E-state index contributed by atoms with van der Waals surface area (Å²) in [6.45, 7) is 14.6. The number of benzene rings is 3. The largest absolute Gasteiger partial charge is 0.493 e. The standard InChI is InChI=1S/C49H65O2P/c1-29(2)40-22-41(30(3)4)45(43(31(5)6)44(40)38-12-10-9-11-13-38)39-14-15-42(50-7)46(51-8)47(39)52(48-23-32-16-33(24-48)18-34(17-32)25-48)49-26-35-19-36(27-49)21-37(20-35)28-49/h9-15,22,29-37H,16-21,23-28H2,1-8H3. The fourth-order valence-electron chi connectivity index (χ4n) is 14.5. The topological polar surface area (TPSA) is 18.5 Å². The van der Waals surface area contributed by atoms with Gasteiger partial charge in [0, 0.05) is 5.30 Å².